The van der Waals surface area contributed by atoms with E-state index >= 15 is 0 Å². The molecule has 102 valence electrons. The molecule has 1 aromatic carbocycles. The van der Waals surface area contributed by atoms with Gasteiger partial charge in [-0.2, -0.15) is 0 Å². The molecule has 19 heavy (non-hydrogen) atoms. The molecule has 3 rings (SSSR count). The minimum atomic E-state index is -0.528. The van der Waals surface area contributed by atoms with Crippen LogP contribution < -0.4 is 10.1 Å². The molecule has 2 fully saturated rings. The zero-order valence-corrected chi connectivity index (χ0v) is 11.3. The summed E-state index contributed by atoms with van der Waals surface area (Å²) in [5.41, 5.74) is 0.985. The second kappa shape index (κ2) is 5.39. The van der Waals surface area contributed by atoms with Gasteiger partial charge >= 0.3 is 5.97 Å². The molecule has 1 heterocycles. The maximum atomic E-state index is 11.5. The van der Waals surface area contributed by atoms with Crippen LogP contribution in [0.3, 0.4) is 0 Å². The van der Waals surface area contributed by atoms with E-state index in [0.29, 0.717) is 36.4 Å². The zero-order valence-electron chi connectivity index (χ0n) is 10.5. The first-order valence-corrected chi connectivity index (χ1v) is 6.96. The molecule has 1 aliphatic heterocycles. The van der Waals surface area contributed by atoms with E-state index in [0.717, 1.165) is 5.56 Å². The highest BCUT2D eigenvalue weighted by atomic mass is 35.5. The van der Waals surface area contributed by atoms with Crippen molar-refractivity contribution in [3.63, 3.8) is 0 Å². The van der Waals surface area contributed by atoms with Crippen molar-refractivity contribution >= 4 is 17.6 Å². The Balaban J connectivity index is 1.75. The summed E-state index contributed by atoms with van der Waals surface area (Å²) in [4.78, 5) is 11.5. The summed E-state index contributed by atoms with van der Waals surface area (Å²) in [6, 6.07) is 6.25. The Kier molecular flexibility index (Phi) is 3.62. The summed E-state index contributed by atoms with van der Waals surface area (Å²) in [5.74, 6) is 0.294. The van der Waals surface area contributed by atoms with Gasteiger partial charge in [-0.05, 0) is 18.9 Å². The predicted molar refractivity (Wildman–Crippen MR) is 71.3 cm³/mol. The molecular weight excluding hydrogens is 266 g/mol. The van der Waals surface area contributed by atoms with Crippen LogP contribution in [0.1, 0.15) is 24.8 Å². The molecule has 5 heteroatoms. The van der Waals surface area contributed by atoms with Gasteiger partial charge < -0.3 is 14.8 Å². The van der Waals surface area contributed by atoms with Gasteiger partial charge in [-0.15, -0.1) is 0 Å². The third kappa shape index (κ3) is 3.01. The number of hydrogen-bond donors (Lipinski definition) is 1. The summed E-state index contributed by atoms with van der Waals surface area (Å²) in [7, 11) is 0. The molecule has 0 bridgehead atoms. The second-order valence-corrected chi connectivity index (χ2v) is 5.35. The largest absolute Gasteiger partial charge is 0.477 e. The molecule has 1 aliphatic carbocycles. The third-order valence-electron chi connectivity index (χ3n) is 3.35. The summed E-state index contributed by atoms with van der Waals surface area (Å²) in [5, 5.41) is 3.96. The van der Waals surface area contributed by atoms with Crippen molar-refractivity contribution in [2.75, 3.05) is 6.61 Å². The highest BCUT2D eigenvalue weighted by Crippen LogP contribution is 2.31. The molecule has 1 saturated carbocycles. The quantitative estimate of drug-likeness (QED) is 0.841. The maximum absolute atomic E-state index is 11.5. The number of nitrogens with one attached hydrogen (secondary N) is 1. The van der Waals surface area contributed by atoms with Gasteiger partial charge in [-0.1, -0.05) is 23.7 Å². The van der Waals surface area contributed by atoms with Gasteiger partial charge in [0.15, 0.2) is 6.10 Å². The van der Waals surface area contributed by atoms with E-state index in [1.165, 1.54) is 12.8 Å². The minimum absolute atomic E-state index is 0.305. The average Bonchev–Trinajstić information content (AvgIpc) is 3.14. The van der Waals surface area contributed by atoms with Crippen molar-refractivity contribution in [2.45, 2.75) is 38.0 Å². The summed E-state index contributed by atoms with van der Waals surface area (Å²) < 4.78 is 10.7. The van der Waals surface area contributed by atoms with E-state index in [1.807, 2.05) is 12.1 Å². The second-order valence-electron chi connectivity index (χ2n) is 4.95. The standard InChI is InChI=1S/C14H16ClNO3/c15-11-3-1-2-9(8-16-10-4-5-10)13(11)19-12-6-7-18-14(12)17/h1-3,10,12,16H,4-8H2. The van der Waals surface area contributed by atoms with Gasteiger partial charge in [0.2, 0.25) is 0 Å². The number of para-hydroxylation sites is 1. The Morgan fingerprint density at radius 2 is 2.21 bits per heavy atom. The minimum Gasteiger partial charge on any atom is -0.477 e. The lowest BCUT2D eigenvalue weighted by Gasteiger charge is -2.16. The molecule has 2 aliphatic rings. The Morgan fingerprint density at radius 3 is 2.89 bits per heavy atom. The number of ether oxygens (including phenoxy) is 2. The number of carbonyl (C=O) groups is 1. The molecule has 1 saturated heterocycles. The summed E-state index contributed by atoms with van der Waals surface area (Å²) in [6.45, 7) is 1.13. The fourth-order valence-corrected chi connectivity index (χ4v) is 2.33. The molecular formula is C14H16ClNO3. The van der Waals surface area contributed by atoms with Gasteiger partial charge in [-0.25, -0.2) is 4.79 Å². The van der Waals surface area contributed by atoms with Gasteiger partial charge in [0.1, 0.15) is 5.75 Å². The Hall–Kier alpha value is -1.26. The van der Waals surface area contributed by atoms with Crippen LogP contribution in [0.25, 0.3) is 0 Å². The smallest absolute Gasteiger partial charge is 0.347 e. The van der Waals surface area contributed by atoms with Crippen LogP contribution in [0, 0.1) is 0 Å². The lowest BCUT2D eigenvalue weighted by Crippen LogP contribution is -2.23. The Labute approximate surface area is 117 Å². The number of benzene rings is 1. The molecule has 1 N–H and O–H groups in total. The fourth-order valence-electron chi connectivity index (χ4n) is 2.09. The Morgan fingerprint density at radius 1 is 1.37 bits per heavy atom. The number of cyclic esters (lactones) is 1. The monoisotopic (exact) mass is 281 g/mol. The van der Waals surface area contributed by atoms with Crippen LogP contribution >= 0.6 is 11.6 Å². The van der Waals surface area contributed by atoms with E-state index in [2.05, 4.69) is 5.32 Å². The van der Waals surface area contributed by atoms with Crippen LogP contribution in [0.5, 0.6) is 5.75 Å². The van der Waals surface area contributed by atoms with Crippen molar-refractivity contribution in [3.05, 3.63) is 28.8 Å². The molecule has 0 aromatic heterocycles. The average molecular weight is 282 g/mol. The van der Waals surface area contributed by atoms with Gasteiger partial charge in [-0.3, -0.25) is 0 Å². The van der Waals surface area contributed by atoms with Crippen LogP contribution in [0.4, 0.5) is 0 Å². The number of carbonyl (C=O) groups excluding carboxylic acids is 1. The number of esters is 1. The highest BCUT2D eigenvalue weighted by Gasteiger charge is 2.30. The fraction of sp³-hybridized carbons (Fsp3) is 0.500. The number of halogens is 1. The zero-order chi connectivity index (χ0) is 13.2. The molecule has 0 spiro atoms. The third-order valence-corrected chi connectivity index (χ3v) is 3.65. The topological polar surface area (TPSA) is 47.6 Å². The van der Waals surface area contributed by atoms with E-state index in [1.54, 1.807) is 6.07 Å². The van der Waals surface area contributed by atoms with E-state index in [9.17, 15) is 4.79 Å². The first kappa shape index (κ1) is 12.8. The van der Waals surface area contributed by atoms with Gasteiger partial charge in [0.25, 0.3) is 0 Å². The Bertz CT molecular complexity index is 488. The van der Waals surface area contributed by atoms with Gasteiger partial charge in [0, 0.05) is 24.6 Å². The SMILES string of the molecule is O=C1OCCC1Oc1c(Cl)cccc1CNC1CC1. The first-order chi connectivity index (χ1) is 9.24. The maximum Gasteiger partial charge on any atom is 0.347 e. The van der Waals surface area contributed by atoms with Crippen LogP contribution in [0.15, 0.2) is 18.2 Å². The summed E-state index contributed by atoms with van der Waals surface area (Å²) >= 11 is 6.18. The van der Waals surface area contributed by atoms with E-state index in [-0.39, 0.29) is 5.97 Å². The van der Waals surface area contributed by atoms with Crippen LogP contribution in [-0.4, -0.2) is 24.7 Å². The number of rotatable bonds is 5. The molecule has 1 atom stereocenters. The van der Waals surface area contributed by atoms with Crippen LogP contribution in [0.2, 0.25) is 5.02 Å². The molecule has 1 unspecified atom stereocenters. The van der Waals surface area contributed by atoms with Crippen molar-refractivity contribution in [1.82, 2.24) is 5.32 Å². The summed E-state index contributed by atoms with van der Waals surface area (Å²) in [6.07, 6.45) is 2.51. The normalized spacial score (nSPS) is 22.4. The molecule has 4 nitrogen and oxygen atoms in total. The lowest BCUT2D eigenvalue weighted by molar-refractivity contribution is -0.143. The van der Waals surface area contributed by atoms with Crippen molar-refractivity contribution in [2.24, 2.45) is 0 Å². The number of hydrogen-bond acceptors (Lipinski definition) is 4. The molecule has 0 amide bonds. The van der Waals surface area contributed by atoms with Crippen molar-refractivity contribution in [1.29, 1.82) is 0 Å². The molecule has 0 radical (unpaired) electrons. The van der Waals surface area contributed by atoms with Crippen molar-refractivity contribution < 1.29 is 14.3 Å². The van der Waals surface area contributed by atoms with Gasteiger partial charge in [0.05, 0.1) is 11.6 Å². The van der Waals surface area contributed by atoms with Crippen LogP contribution in [-0.2, 0) is 16.1 Å². The van der Waals surface area contributed by atoms with Crippen molar-refractivity contribution in [3.8, 4) is 5.75 Å². The van der Waals surface area contributed by atoms with E-state index < -0.39 is 6.10 Å². The highest BCUT2D eigenvalue weighted by molar-refractivity contribution is 6.32. The predicted octanol–water partition coefficient (Wildman–Crippen LogP) is 2.29. The van der Waals surface area contributed by atoms with E-state index in [4.69, 9.17) is 21.1 Å². The lowest BCUT2D eigenvalue weighted by atomic mass is 10.2. The molecule has 1 aromatic rings. The first-order valence-electron chi connectivity index (χ1n) is 6.58.